The van der Waals surface area contributed by atoms with E-state index in [1.807, 2.05) is 0 Å². The third-order valence-electron chi connectivity index (χ3n) is 3.35. The molecule has 1 N–H and O–H groups in total. The lowest BCUT2D eigenvalue weighted by atomic mass is 10.0. The Morgan fingerprint density at radius 1 is 1.14 bits per heavy atom. The molecule has 1 aliphatic heterocycles. The standard InChI is InChI=1S/C15H11ClF3NS/c16-10-6-8(17)7-12(19)14(10)20-13-4-5-21-15-9(13)2-1-3-11(15)18/h1-3,6-7,13,20H,4-5H2. The van der Waals surface area contributed by atoms with Gasteiger partial charge in [-0.15, -0.1) is 11.8 Å². The number of halogens is 4. The highest BCUT2D eigenvalue weighted by molar-refractivity contribution is 7.99. The van der Waals surface area contributed by atoms with Crippen molar-refractivity contribution in [3.8, 4) is 0 Å². The van der Waals surface area contributed by atoms with Crippen molar-refractivity contribution in [1.82, 2.24) is 0 Å². The summed E-state index contributed by atoms with van der Waals surface area (Å²) in [4.78, 5) is 0.569. The molecule has 1 nitrogen and oxygen atoms in total. The molecule has 0 aromatic heterocycles. The van der Waals surface area contributed by atoms with Crippen LogP contribution in [0.15, 0.2) is 35.2 Å². The third-order valence-corrected chi connectivity index (χ3v) is 4.81. The molecule has 0 aliphatic carbocycles. The van der Waals surface area contributed by atoms with Crippen LogP contribution in [-0.4, -0.2) is 5.75 Å². The van der Waals surface area contributed by atoms with Crippen molar-refractivity contribution in [2.45, 2.75) is 17.4 Å². The molecular weight excluding hydrogens is 319 g/mol. The Labute approximate surface area is 129 Å². The minimum Gasteiger partial charge on any atom is -0.375 e. The molecule has 0 bridgehead atoms. The van der Waals surface area contributed by atoms with Gasteiger partial charge in [0.1, 0.15) is 11.6 Å². The summed E-state index contributed by atoms with van der Waals surface area (Å²) in [6, 6.07) is 6.40. The molecule has 2 aromatic rings. The van der Waals surface area contributed by atoms with Gasteiger partial charge in [-0.2, -0.15) is 0 Å². The highest BCUT2D eigenvalue weighted by atomic mass is 35.5. The lowest BCUT2D eigenvalue weighted by molar-refractivity contribution is 0.576. The van der Waals surface area contributed by atoms with E-state index in [1.54, 1.807) is 12.1 Å². The number of fused-ring (bicyclic) bond motifs is 1. The summed E-state index contributed by atoms with van der Waals surface area (Å²) in [5.41, 5.74) is 0.816. The maximum atomic E-state index is 13.9. The van der Waals surface area contributed by atoms with Crippen molar-refractivity contribution in [3.05, 3.63) is 58.4 Å². The van der Waals surface area contributed by atoms with Gasteiger partial charge in [0.15, 0.2) is 5.82 Å². The van der Waals surface area contributed by atoms with Gasteiger partial charge in [-0.3, -0.25) is 0 Å². The van der Waals surface area contributed by atoms with E-state index in [-0.39, 0.29) is 22.6 Å². The summed E-state index contributed by atoms with van der Waals surface area (Å²) in [5, 5.41) is 2.95. The first-order valence-corrected chi connectivity index (χ1v) is 7.75. The second-order valence-corrected chi connectivity index (χ2v) is 6.25. The lowest BCUT2D eigenvalue weighted by Crippen LogP contribution is -2.17. The molecule has 1 aliphatic rings. The van der Waals surface area contributed by atoms with Gasteiger partial charge in [-0.25, -0.2) is 13.2 Å². The smallest absolute Gasteiger partial charge is 0.150 e. The Hall–Kier alpha value is -1.33. The molecule has 6 heteroatoms. The summed E-state index contributed by atoms with van der Waals surface area (Å²) in [6.07, 6.45) is 0.703. The molecule has 3 rings (SSSR count). The van der Waals surface area contributed by atoms with Crippen molar-refractivity contribution in [2.24, 2.45) is 0 Å². The molecular formula is C15H11ClF3NS. The normalized spacial score (nSPS) is 17.4. The molecule has 0 radical (unpaired) electrons. The Morgan fingerprint density at radius 3 is 2.71 bits per heavy atom. The molecule has 1 unspecified atom stereocenters. The quantitative estimate of drug-likeness (QED) is 0.791. The van der Waals surface area contributed by atoms with Crippen LogP contribution >= 0.6 is 23.4 Å². The van der Waals surface area contributed by atoms with Gasteiger partial charge in [-0.1, -0.05) is 23.7 Å². The first-order valence-electron chi connectivity index (χ1n) is 6.38. The SMILES string of the molecule is Fc1cc(F)c(NC2CCSc3c(F)cccc32)c(Cl)c1. The monoisotopic (exact) mass is 329 g/mol. The van der Waals surface area contributed by atoms with E-state index in [1.165, 1.54) is 17.8 Å². The van der Waals surface area contributed by atoms with Gasteiger partial charge in [0.2, 0.25) is 0 Å². The fourth-order valence-corrected chi connectivity index (χ4v) is 3.78. The topological polar surface area (TPSA) is 12.0 Å². The fourth-order valence-electron chi connectivity index (χ4n) is 2.39. The minimum atomic E-state index is -0.754. The first-order chi connectivity index (χ1) is 10.1. The van der Waals surface area contributed by atoms with Crippen LogP contribution in [0.1, 0.15) is 18.0 Å². The Morgan fingerprint density at radius 2 is 1.95 bits per heavy atom. The maximum absolute atomic E-state index is 13.9. The predicted octanol–water partition coefficient (Wildman–Crippen LogP) is 5.41. The zero-order valence-corrected chi connectivity index (χ0v) is 12.4. The number of hydrogen-bond donors (Lipinski definition) is 1. The van der Waals surface area contributed by atoms with Crippen molar-refractivity contribution < 1.29 is 13.2 Å². The second kappa shape index (κ2) is 5.81. The summed E-state index contributed by atoms with van der Waals surface area (Å²) in [5.74, 6) is -1.05. The van der Waals surface area contributed by atoms with Gasteiger partial charge in [-0.05, 0) is 24.1 Å². The largest absolute Gasteiger partial charge is 0.375 e. The van der Waals surface area contributed by atoms with Gasteiger partial charge < -0.3 is 5.32 Å². The van der Waals surface area contributed by atoms with E-state index in [2.05, 4.69) is 5.32 Å². The van der Waals surface area contributed by atoms with Crippen LogP contribution in [0.3, 0.4) is 0 Å². The van der Waals surface area contributed by atoms with Crippen molar-refractivity contribution in [3.63, 3.8) is 0 Å². The van der Waals surface area contributed by atoms with Crippen LogP contribution in [0.4, 0.5) is 18.9 Å². The number of anilines is 1. The lowest BCUT2D eigenvalue weighted by Gasteiger charge is -2.27. The molecule has 0 amide bonds. The van der Waals surface area contributed by atoms with E-state index in [0.29, 0.717) is 17.1 Å². The summed E-state index contributed by atoms with van der Waals surface area (Å²) >= 11 is 7.33. The maximum Gasteiger partial charge on any atom is 0.150 e. The number of rotatable bonds is 2. The first kappa shape index (κ1) is 14.6. The van der Waals surface area contributed by atoms with Crippen molar-refractivity contribution in [1.29, 1.82) is 0 Å². The van der Waals surface area contributed by atoms with E-state index in [4.69, 9.17) is 11.6 Å². The van der Waals surface area contributed by atoms with Gasteiger partial charge >= 0.3 is 0 Å². The Balaban J connectivity index is 1.96. The zero-order chi connectivity index (χ0) is 15.0. The minimum absolute atomic E-state index is 0.0244. The average Bonchev–Trinajstić information content (AvgIpc) is 2.43. The highest BCUT2D eigenvalue weighted by Gasteiger charge is 2.24. The van der Waals surface area contributed by atoms with Crippen LogP contribution in [0.2, 0.25) is 5.02 Å². The molecule has 0 fully saturated rings. The van der Waals surface area contributed by atoms with E-state index < -0.39 is 11.6 Å². The molecule has 0 saturated carbocycles. The van der Waals surface area contributed by atoms with Crippen molar-refractivity contribution >= 4 is 29.1 Å². The second-order valence-electron chi connectivity index (χ2n) is 4.74. The van der Waals surface area contributed by atoms with Gasteiger partial charge in [0.25, 0.3) is 0 Å². The van der Waals surface area contributed by atoms with Crippen LogP contribution < -0.4 is 5.32 Å². The summed E-state index contributed by atoms with van der Waals surface area (Å²) < 4.78 is 40.7. The predicted molar refractivity (Wildman–Crippen MR) is 79.5 cm³/mol. The van der Waals surface area contributed by atoms with Crippen LogP contribution in [0, 0.1) is 17.5 Å². The highest BCUT2D eigenvalue weighted by Crippen LogP contribution is 2.40. The Bertz CT molecular complexity index is 670. The van der Waals surface area contributed by atoms with Crippen molar-refractivity contribution in [2.75, 3.05) is 11.1 Å². The molecule has 2 aromatic carbocycles. The van der Waals surface area contributed by atoms with Crippen LogP contribution in [0.25, 0.3) is 0 Å². The number of benzene rings is 2. The molecule has 1 heterocycles. The van der Waals surface area contributed by atoms with E-state index >= 15 is 0 Å². The number of nitrogens with one attached hydrogen (secondary N) is 1. The van der Waals surface area contributed by atoms with Gasteiger partial charge in [0, 0.05) is 16.7 Å². The third kappa shape index (κ3) is 2.85. The summed E-state index contributed by atoms with van der Waals surface area (Å²) in [6.45, 7) is 0. The Kier molecular flexibility index (Phi) is 4.04. The molecule has 0 saturated heterocycles. The van der Waals surface area contributed by atoms with E-state index in [9.17, 15) is 13.2 Å². The number of hydrogen-bond acceptors (Lipinski definition) is 2. The molecule has 1 atom stereocenters. The fraction of sp³-hybridized carbons (Fsp3) is 0.200. The van der Waals surface area contributed by atoms with E-state index in [0.717, 1.165) is 17.7 Å². The molecule has 21 heavy (non-hydrogen) atoms. The number of thioether (sulfide) groups is 1. The average molecular weight is 330 g/mol. The molecule has 0 spiro atoms. The summed E-state index contributed by atoms with van der Waals surface area (Å²) in [7, 11) is 0. The van der Waals surface area contributed by atoms with Crippen LogP contribution in [-0.2, 0) is 0 Å². The van der Waals surface area contributed by atoms with Crippen LogP contribution in [0.5, 0.6) is 0 Å². The van der Waals surface area contributed by atoms with Gasteiger partial charge in [0.05, 0.1) is 16.8 Å². The molecule has 110 valence electrons. The zero-order valence-electron chi connectivity index (χ0n) is 10.8.